The topological polar surface area (TPSA) is 58.2 Å². The third-order valence-corrected chi connectivity index (χ3v) is 6.96. The molecule has 1 aromatic carbocycles. The molecule has 2 aliphatic rings. The van der Waals surface area contributed by atoms with Gasteiger partial charge in [0.15, 0.2) is 0 Å². The van der Waals surface area contributed by atoms with E-state index in [0.29, 0.717) is 0 Å². The number of hydrogen-bond donors (Lipinski definition) is 2. The van der Waals surface area contributed by atoms with E-state index in [0.717, 1.165) is 25.7 Å². The van der Waals surface area contributed by atoms with E-state index in [9.17, 15) is 14.0 Å². The van der Waals surface area contributed by atoms with Crippen LogP contribution in [0.2, 0.25) is 10.0 Å². The molecule has 0 unspecified atom stereocenters. The molecule has 1 heterocycles. The normalized spacial score (nSPS) is 24.5. The van der Waals surface area contributed by atoms with Gasteiger partial charge in [-0.1, -0.05) is 43.0 Å². The molecule has 2 atom stereocenters. The van der Waals surface area contributed by atoms with Crippen LogP contribution in [0.3, 0.4) is 0 Å². The number of amides is 2. The molecule has 4 nitrogen and oxygen atoms in total. The van der Waals surface area contributed by atoms with Crippen molar-refractivity contribution in [3.05, 3.63) is 33.6 Å². The van der Waals surface area contributed by atoms with Crippen molar-refractivity contribution in [2.24, 2.45) is 11.3 Å². The van der Waals surface area contributed by atoms with Gasteiger partial charge in [-0.05, 0) is 44.2 Å². The van der Waals surface area contributed by atoms with E-state index in [2.05, 4.69) is 10.6 Å². The van der Waals surface area contributed by atoms with Crippen molar-refractivity contribution >= 4 is 35.0 Å². The van der Waals surface area contributed by atoms with Gasteiger partial charge in [-0.15, -0.1) is 0 Å². The highest BCUT2D eigenvalue weighted by Gasteiger charge is 2.47. The van der Waals surface area contributed by atoms with E-state index in [4.69, 9.17) is 23.2 Å². The molecule has 0 radical (unpaired) electrons. The number of carbonyl (C=O) groups is 2. The summed E-state index contributed by atoms with van der Waals surface area (Å²) in [7, 11) is 0. The number of nitrogens with one attached hydrogen (secondary N) is 2. The minimum atomic E-state index is -0.654. The third kappa shape index (κ3) is 3.81. The van der Waals surface area contributed by atoms with Crippen molar-refractivity contribution in [2.45, 2.75) is 64.5 Å². The highest BCUT2D eigenvalue weighted by Crippen LogP contribution is 2.50. The Kier molecular flexibility index (Phi) is 5.48. The lowest BCUT2D eigenvalue weighted by molar-refractivity contribution is -0.129. The average Bonchev–Trinajstić information content (AvgIpc) is 3.13. The van der Waals surface area contributed by atoms with E-state index < -0.39 is 23.3 Å². The van der Waals surface area contributed by atoms with Gasteiger partial charge in [-0.25, -0.2) is 4.39 Å². The van der Waals surface area contributed by atoms with E-state index in [1.165, 1.54) is 12.1 Å². The molecular weight excluding hydrogens is 390 g/mol. The largest absolute Gasteiger partial charge is 0.350 e. The highest BCUT2D eigenvalue weighted by molar-refractivity contribution is 6.42. The first-order valence-electron chi connectivity index (χ1n) is 9.30. The van der Waals surface area contributed by atoms with Crippen LogP contribution in [-0.2, 0) is 9.59 Å². The fourth-order valence-electron chi connectivity index (χ4n) is 4.47. The van der Waals surface area contributed by atoms with Gasteiger partial charge in [0.1, 0.15) is 5.82 Å². The zero-order chi connectivity index (χ0) is 20.0. The second-order valence-electron chi connectivity index (χ2n) is 8.59. The van der Waals surface area contributed by atoms with Crippen LogP contribution >= 0.6 is 23.2 Å². The zero-order valence-electron chi connectivity index (χ0n) is 15.8. The van der Waals surface area contributed by atoms with Crippen molar-refractivity contribution in [2.75, 3.05) is 0 Å². The molecule has 27 heavy (non-hydrogen) atoms. The standard InChI is InChI=1S/C20H25Cl2FN2O2/c1-19(2)11(10-14(26)25-19)18(27)24-17(20(3)8-4-5-9-20)15-13(23)7-6-12(21)16(15)22/h6-7,11,17H,4-5,8-10H2,1-3H3,(H,24,27)(H,25,26)/t11-,17-/m1/s1. The number of halogens is 3. The number of rotatable bonds is 4. The highest BCUT2D eigenvalue weighted by atomic mass is 35.5. The fourth-order valence-corrected chi connectivity index (χ4v) is 4.90. The van der Waals surface area contributed by atoms with Crippen LogP contribution in [0.15, 0.2) is 12.1 Å². The van der Waals surface area contributed by atoms with Crippen molar-refractivity contribution in [1.82, 2.24) is 10.6 Å². The predicted octanol–water partition coefficient (Wildman–Crippen LogP) is 4.78. The molecule has 1 aliphatic carbocycles. The van der Waals surface area contributed by atoms with E-state index in [1.54, 1.807) is 0 Å². The number of hydrogen-bond acceptors (Lipinski definition) is 2. The van der Waals surface area contributed by atoms with Crippen molar-refractivity contribution in [1.29, 1.82) is 0 Å². The zero-order valence-corrected chi connectivity index (χ0v) is 17.3. The van der Waals surface area contributed by atoms with Gasteiger partial charge in [0.05, 0.1) is 22.0 Å². The van der Waals surface area contributed by atoms with Crippen LogP contribution in [0.4, 0.5) is 4.39 Å². The SMILES string of the molecule is CC1([C@H](NC(=O)[C@H]2CC(=O)NC2(C)C)c2c(F)ccc(Cl)c2Cl)CCCC1. The van der Waals surface area contributed by atoms with Crippen LogP contribution in [-0.4, -0.2) is 17.4 Å². The van der Waals surface area contributed by atoms with Crippen LogP contribution in [0.5, 0.6) is 0 Å². The summed E-state index contributed by atoms with van der Waals surface area (Å²) in [5.41, 5.74) is -0.749. The first-order chi connectivity index (χ1) is 12.5. The Hall–Kier alpha value is -1.33. The first kappa shape index (κ1) is 20.4. The van der Waals surface area contributed by atoms with Crippen LogP contribution in [0, 0.1) is 17.2 Å². The Morgan fingerprint density at radius 3 is 2.44 bits per heavy atom. The van der Waals surface area contributed by atoms with Crippen LogP contribution in [0.25, 0.3) is 0 Å². The second-order valence-corrected chi connectivity index (χ2v) is 9.37. The first-order valence-corrected chi connectivity index (χ1v) is 10.1. The molecular formula is C20H25Cl2FN2O2. The fraction of sp³-hybridized carbons (Fsp3) is 0.600. The average molecular weight is 415 g/mol. The molecule has 3 rings (SSSR count). The van der Waals surface area contributed by atoms with Crippen molar-refractivity contribution < 1.29 is 14.0 Å². The predicted molar refractivity (Wildman–Crippen MR) is 104 cm³/mol. The summed E-state index contributed by atoms with van der Waals surface area (Å²) in [5.74, 6) is -1.44. The third-order valence-electron chi connectivity index (χ3n) is 6.14. The summed E-state index contributed by atoms with van der Waals surface area (Å²) >= 11 is 12.5. The molecule has 2 N–H and O–H groups in total. The minimum absolute atomic E-state index is 0.119. The monoisotopic (exact) mass is 414 g/mol. The summed E-state index contributed by atoms with van der Waals surface area (Å²) < 4.78 is 14.8. The van der Waals surface area contributed by atoms with E-state index >= 15 is 0 Å². The Morgan fingerprint density at radius 1 is 1.26 bits per heavy atom. The summed E-state index contributed by atoms with van der Waals surface area (Å²) in [6, 6.07) is 2.09. The molecule has 1 aliphatic heterocycles. The quantitative estimate of drug-likeness (QED) is 0.695. The Bertz CT molecular complexity index is 775. The molecule has 1 saturated carbocycles. The molecule has 148 valence electrons. The lowest BCUT2D eigenvalue weighted by atomic mass is 9.76. The van der Waals surface area contributed by atoms with Gasteiger partial charge >= 0.3 is 0 Å². The Balaban J connectivity index is 1.99. The second kappa shape index (κ2) is 7.25. The smallest absolute Gasteiger partial charge is 0.226 e. The maximum atomic E-state index is 14.8. The summed E-state index contributed by atoms with van der Waals surface area (Å²) in [6.07, 6.45) is 3.85. The Labute approximate surface area is 169 Å². The van der Waals surface area contributed by atoms with Gasteiger partial charge in [0.25, 0.3) is 0 Å². The molecule has 0 aromatic heterocycles. The molecule has 7 heteroatoms. The molecule has 0 bridgehead atoms. The van der Waals surface area contributed by atoms with Gasteiger partial charge in [-0.3, -0.25) is 9.59 Å². The number of benzene rings is 1. The molecule has 1 aromatic rings. The van der Waals surface area contributed by atoms with Crippen LogP contribution < -0.4 is 10.6 Å². The number of carbonyl (C=O) groups excluding carboxylic acids is 2. The van der Waals surface area contributed by atoms with Crippen LogP contribution in [0.1, 0.15) is 64.5 Å². The molecule has 2 amide bonds. The van der Waals surface area contributed by atoms with Gasteiger partial charge in [-0.2, -0.15) is 0 Å². The van der Waals surface area contributed by atoms with Crippen molar-refractivity contribution in [3.8, 4) is 0 Å². The summed E-state index contributed by atoms with van der Waals surface area (Å²) in [4.78, 5) is 24.9. The molecule has 2 fully saturated rings. The maximum absolute atomic E-state index is 14.8. The van der Waals surface area contributed by atoms with E-state index in [-0.39, 0.29) is 39.3 Å². The van der Waals surface area contributed by atoms with Gasteiger partial charge in [0.2, 0.25) is 11.8 Å². The van der Waals surface area contributed by atoms with Gasteiger partial charge in [0, 0.05) is 17.5 Å². The molecule has 1 saturated heterocycles. The van der Waals surface area contributed by atoms with Crippen molar-refractivity contribution in [3.63, 3.8) is 0 Å². The molecule has 0 spiro atoms. The lowest BCUT2D eigenvalue weighted by Crippen LogP contribution is -2.48. The maximum Gasteiger partial charge on any atom is 0.226 e. The lowest BCUT2D eigenvalue weighted by Gasteiger charge is -2.37. The summed E-state index contributed by atoms with van der Waals surface area (Å²) in [6.45, 7) is 5.69. The minimum Gasteiger partial charge on any atom is -0.350 e. The Morgan fingerprint density at radius 2 is 1.89 bits per heavy atom. The summed E-state index contributed by atoms with van der Waals surface area (Å²) in [5, 5.41) is 6.25. The van der Waals surface area contributed by atoms with Gasteiger partial charge < -0.3 is 10.6 Å². The van der Waals surface area contributed by atoms with E-state index in [1.807, 2.05) is 20.8 Å².